The number of para-hydroxylation sites is 1. The van der Waals surface area contributed by atoms with Gasteiger partial charge in [-0.3, -0.25) is 4.72 Å². The highest BCUT2D eigenvalue weighted by Crippen LogP contribution is 2.38. The van der Waals surface area contributed by atoms with Crippen LogP contribution in [-0.2, 0) is 16.6 Å². The average Bonchev–Trinajstić information content (AvgIpc) is 3.21. The van der Waals surface area contributed by atoms with Crippen LogP contribution in [0.15, 0.2) is 28.8 Å². The van der Waals surface area contributed by atoms with E-state index >= 15 is 0 Å². The van der Waals surface area contributed by atoms with Crippen LogP contribution >= 0.6 is 0 Å². The van der Waals surface area contributed by atoms with Crippen LogP contribution in [-0.4, -0.2) is 37.0 Å². The van der Waals surface area contributed by atoms with Gasteiger partial charge in [0.15, 0.2) is 5.82 Å². The number of aromatic nitrogens is 2. The number of benzene rings is 1. The lowest BCUT2D eigenvalue weighted by Crippen LogP contribution is -2.29. The first-order chi connectivity index (χ1) is 10.5. The number of nitrogens with zero attached hydrogens (tertiary/aromatic N) is 3. The summed E-state index contributed by atoms with van der Waals surface area (Å²) in [6.45, 7) is 0. The Kier molecular flexibility index (Phi) is 3.88. The second-order valence-corrected chi connectivity index (χ2v) is 7.43. The molecule has 1 fully saturated rings. The molecule has 1 saturated carbocycles. The molecular weight excluding hydrogens is 304 g/mol. The van der Waals surface area contributed by atoms with Crippen LogP contribution in [0.3, 0.4) is 0 Å². The molecule has 0 saturated heterocycles. The van der Waals surface area contributed by atoms with Gasteiger partial charge in [-0.2, -0.15) is 17.7 Å². The smallest absolute Gasteiger partial charge is 0.301 e. The molecule has 8 heteroatoms. The molecule has 2 aromatic rings. The SMILES string of the molecule is CN(C)S(=O)(=O)Nc1ccccc1Cc1nc(C2CC2)no1. The van der Waals surface area contributed by atoms with Crippen molar-refractivity contribution in [1.29, 1.82) is 0 Å². The van der Waals surface area contributed by atoms with E-state index in [1.807, 2.05) is 12.1 Å². The van der Waals surface area contributed by atoms with Gasteiger partial charge in [-0.05, 0) is 24.5 Å². The molecule has 1 aromatic carbocycles. The Morgan fingerprint density at radius 2 is 2.05 bits per heavy atom. The van der Waals surface area contributed by atoms with E-state index in [4.69, 9.17) is 4.52 Å². The maximum atomic E-state index is 12.0. The summed E-state index contributed by atoms with van der Waals surface area (Å²) in [6, 6.07) is 7.19. The van der Waals surface area contributed by atoms with E-state index in [0.717, 1.165) is 28.5 Å². The molecule has 0 spiro atoms. The van der Waals surface area contributed by atoms with Crippen LogP contribution in [0.5, 0.6) is 0 Å². The Bertz CT molecular complexity index is 766. The Labute approximate surface area is 129 Å². The van der Waals surface area contributed by atoms with Crippen molar-refractivity contribution in [3.8, 4) is 0 Å². The molecule has 1 N–H and O–H groups in total. The lowest BCUT2D eigenvalue weighted by molar-refractivity contribution is 0.379. The van der Waals surface area contributed by atoms with Crippen LogP contribution in [0.4, 0.5) is 5.69 Å². The standard InChI is InChI=1S/C14H18N4O3S/c1-18(2)22(19,20)17-12-6-4-3-5-11(12)9-13-15-14(16-21-13)10-7-8-10/h3-6,10,17H,7-9H2,1-2H3. The fourth-order valence-electron chi connectivity index (χ4n) is 2.01. The van der Waals surface area contributed by atoms with Crippen molar-refractivity contribution < 1.29 is 12.9 Å². The minimum atomic E-state index is -3.55. The second kappa shape index (κ2) is 5.69. The molecule has 0 radical (unpaired) electrons. The first kappa shape index (κ1) is 15.0. The lowest BCUT2D eigenvalue weighted by Gasteiger charge is -2.15. The summed E-state index contributed by atoms with van der Waals surface area (Å²) in [4.78, 5) is 4.37. The summed E-state index contributed by atoms with van der Waals surface area (Å²) in [5.41, 5.74) is 1.31. The number of hydrogen-bond acceptors (Lipinski definition) is 5. The molecule has 0 unspecified atom stereocenters. The van der Waals surface area contributed by atoms with E-state index in [-0.39, 0.29) is 0 Å². The molecule has 118 valence electrons. The van der Waals surface area contributed by atoms with Crippen LogP contribution in [0.25, 0.3) is 0 Å². The molecule has 22 heavy (non-hydrogen) atoms. The fraction of sp³-hybridized carbons (Fsp3) is 0.429. The molecule has 0 amide bonds. The van der Waals surface area contributed by atoms with Crippen molar-refractivity contribution in [3.63, 3.8) is 0 Å². The average molecular weight is 322 g/mol. The topological polar surface area (TPSA) is 88.3 Å². The molecule has 3 rings (SSSR count). The van der Waals surface area contributed by atoms with Gasteiger partial charge in [-0.15, -0.1) is 0 Å². The van der Waals surface area contributed by atoms with Crippen molar-refractivity contribution in [1.82, 2.24) is 14.4 Å². The van der Waals surface area contributed by atoms with Gasteiger partial charge in [-0.1, -0.05) is 23.4 Å². The third-order valence-electron chi connectivity index (χ3n) is 3.50. The maximum absolute atomic E-state index is 12.0. The van der Waals surface area contributed by atoms with Gasteiger partial charge in [0.05, 0.1) is 12.1 Å². The zero-order valence-electron chi connectivity index (χ0n) is 12.5. The van der Waals surface area contributed by atoms with E-state index < -0.39 is 10.2 Å². The van der Waals surface area contributed by atoms with Crippen molar-refractivity contribution in [2.75, 3.05) is 18.8 Å². The molecular formula is C14H18N4O3S. The summed E-state index contributed by atoms with van der Waals surface area (Å²) >= 11 is 0. The highest BCUT2D eigenvalue weighted by atomic mass is 32.2. The number of nitrogens with one attached hydrogen (secondary N) is 1. The Morgan fingerprint density at radius 1 is 1.32 bits per heavy atom. The van der Waals surface area contributed by atoms with Crippen LogP contribution in [0.2, 0.25) is 0 Å². The van der Waals surface area contributed by atoms with E-state index in [1.165, 1.54) is 14.1 Å². The summed E-state index contributed by atoms with van der Waals surface area (Å²) in [6.07, 6.45) is 2.61. The third kappa shape index (κ3) is 3.28. The number of anilines is 1. The molecule has 0 aliphatic heterocycles. The van der Waals surface area contributed by atoms with Gasteiger partial charge < -0.3 is 4.52 Å². The second-order valence-electron chi connectivity index (χ2n) is 5.54. The highest BCUT2D eigenvalue weighted by Gasteiger charge is 2.28. The summed E-state index contributed by atoms with van der Waals surface area (Å²) in [5.74, 6) is 1.68. The molecule has 1 heterocycles. The summed E-state index contributed by atoms with van der Waals surface area (Å²) < 4.78 is 32.9. The van der Waals surface area contributed by atoms with Gasteiger partial charge in [0.25, 0.3) is 0 Å². The van der Waals surface area contributed by atoms with Crippen LogP contribution in [0.1, 0.15) is 36.0 Å². The van der Waals surface area contributed by atoms with Crippen LogP contribution < -0.4 is 4.72 Å². The van der Waals surface area contributed by atoms with E-state index in [0.29, 0.717) is 23.9 Å². The fourth-order valence-corrected chi connectivity index (χ4v) is 2.67. The number of hydrogen-bond donors (Lipinski definition) is 1. The van der Waals surface area contributed by atoms with Gasteiger partial charge >= 0.3 is 10.2 Å². The molecule has 1 aliphatic rings. The monoisotopic (exact) mass is 322 g/mol. The first-order valence-electron chi connectivity index (χ1n) is 7.06. The van der Waals surface area contributed by atoms with E-state index in [9.17, 15) is 8.42 Å². The van der Waals surface area contributed by atoms with Crippen molar-refractivity contribution in [2.24, 2.45) is 0 Å². The Hall–Kier alpha value is -1.93. The largest absolute Gasteiger partial charge is 0.339 e. The summed E-state index contributed by atoms with van der Waals surface area (Å²) in [7, 11) is -0.593. The number of rotatable bonds is 6. The zero-order valence-corrected chi connectivity index (χ0v) is 13.3. The minimum absolute atomic E-state index is 0.395. The predicted octanol–water partition coefficient (Wildman–Crippen LogP) is 1.76. The Balaban J connectivity index is 1.81. The summed E-state index contributed by atoms with van der Waals surface area (Å²) in [5, 5.41) is 3.97. The minimum Gasteiger partial charge on any atom is -0.339 e. The van der Waals surface area contributed by atoms with Gasteiger partial charge in [0.1, 0.15) is 0 Å². The molecule has 0 bridgehead atoms. The van der Waals surface area contributed by atoms with Gasteiger partial charge in [0.2, 0.25) is 5.89 Å². The van der Waals surface area contributed by atoms with Gasteiger partial charge in [-0.25, -0.2) is 0 Å². The van der Waals surface area contributed by atoms with Gasteiger partial charge in [0, 0.05) is 20.0 Å². The van der Waals surface area contributed by atoms with Crippen LogP contribution in [0, 0.1) is 0 Å². The molecule has 7 nitrogen and oxygen atoms in total. The van der Waals surface area contributed by atoms with E-state index in [2.05, 4.69) is 14.9 Å². The molecule has 1 aromatic heterocycles. The normalized spacial score (nSPS) is 15.2. The zero-order chi connectivity index (χ0) is 15.7. The lowest BCUT2D eigenvalue weighted by atomic mass is 10.1. The molecule has 1 aliphatic carbocycles. The van der Waals surface area contributed by atoms with E-state index in [1.54, 1.807) is 12.1 Å². The van der Waals surface area contributed by atoms with Crippen molar-refractivity contribution >= 4 is 15.9 Å². The quantitative estimate of drug-likeness (QED) is 0.875. The first-order valence-corrected chi connectivity index (χ1v) is 8.50. The van der Waals surface area contributed by atoms with Crippen molar-refractivity contribution in [3.05, 3.63) is 41.5 Å². The Morgan fingerprint density at radius 3 is 2.73 bits per heavy atom. The third-order valence-corrected chi connectivity index (χ3v) is 4.94. The molecule has 0 atom stereocenters. The highest BCUT2D eigenvalue weighted by molar-refractivity contribution is 7.90. The maximum Gasteiger partial charge on any atom is 0.301 e. The van der Waals surface area contributed by atoms with Crippen molar-refractivity contribution in [2.45, 2.75) is 25.2 Å². The predicted molar refractivity (Wildman–Crippen MR) is 81.8 cm³/mol.